The number of carbonyl (C=O) groups is 2. The number of hydrogen-bond acceptors (Lipinski definition) is 2. The third kappa shape index (κ3) is 5.07. The van der Waals surface area contributed by atoms with Gasteiger partial charge < -0.3 is 10.6 Å². The van der Waals surface area contributed by atoms with Gasteiger partial charge in [-0.3, -0.25) is 9.59 Å². The highest BCUT2D eigenvalue weighted by molar-refractivity contribution is 5.88. The van der Waals surface area contributed by atoms with Crippen molar-refractivity contribution in [1.82, 2.24) is 4.90 Å². The van der Waals surface area contributed by atoms with E-state index in [0.29, 0.717) is 13.0 Å². The number of nitrogens with zero attached hydrogens (tertiary/aromatic N) is 1. The molecule has 1 heterocycles. The van der Waals surface area contributed by atoms with Crippen LogP contribution in [0.25, 0.3) is 0 Å². The van der Waals surface area contributed by atoms with Crippen LogP contribution in [-0.4, -0.2) is 29.8 Å². The van der Waals surface area contributed by atoms with E-state index in [-0.39, 0.29) is 17.7 Å². The Hall–Kier alpha value is -1.06. The molecule has 1 rings (SSSR count). The maximum Gasteiger partial charge on any atom is 0.223 e. The maximum atomic E-state index is 11.6. The number of primary amides is 1. The van der Waals surface area contributed by atoms with Gasteiger partial charge in [-0.1, -0.05) is 39.5 Å². The Morgan fingerprint density at radius 2 is 2.00 bits per heavy atom. The van der Waals surface area contributed by atoms with E-state index in [1.165, 1.54) is 19.3 Å². The summed E-state index contributed by atoms with van der Waals surface area (Å²) in [6.07, 6.45) is 6.30. The molecule has 1 unspecified atom stereocenters. The van der Waals surface area contributed by atoms with Crippen molar-refractivity contribution in [1.29, 1.82) is 0 Å². The number of nitrogens with two attached hydrogens (primary N) is 1. The molecule has 104 valence electrons. The third-order valence-electron chi connectivity index (χ3n) is 3.58. The highest BCUT2D eigenvalue weighted by Crippen LogP contribution is 2.18. The zero-order valence-electron chi connectivity index (χ0n) is 11.7. The van der Waals surface area contributed by atoms with Crippen LogP contribution in [0.2, 0.25) is 0 Å². The van der Waals surface area contributed by atoms with Crippen LogP contribution >= 0.6 is 0 Å². The quantitative estimate of drug-likeness (QED) is 0.673. The van der Waals surface area contributed by atoms with Crippen LogP contribution in [0, 0.1) is 11.8 Å². The van der Waals surface area contributed by atoms with Crippen LogP contribution in [0.5, 0.6) is 0 Å². The lowest BCUT2D eigenvalue weighted by Gasteiger charge is -2.15. The zero-order valence-corrected chi connectivity index (χ0v) is 11.7. The fourth-order valence-electron chi connectivity index (χ4n) is 2.39. The van der Waals surface area contributed by atoms with Crippen LogP contribution in [0.1, 0.15) is 52.4 Å². The molecule has 2 N–H and O–H groups in total. The fourth-order valence-corrected chi connectivity index (χ4v) is 2.39. The van der Waals surface area contributed by atoms with Gasteiger partial charge in [0.1, 0.15) is 0 Å². The summed E-state index contributed by atoms with van der Waals surface area (Å²) >= 11 is 0. The van der Waals surface area contributed by atoms with E-state index in [1.807, 2.05) is 0 Å². The molecule has 4 heteroatoms. The Bertz CT molecular complexity index is 290. The lowest BCUT2D eigenvalue weighted by molar-refractivity contribution is -0.128. The van der Waals surface area contributed by atoms with E-state index in [2.05, 4.69) is 13.8 Å². The molecule has 0 spiro atoms. The average Bonchev–Trinajstić information content (AvgIpc) is 2.65. The van der Waals surface area contributed by atoms with E-state index in [1.54, 1.807) is 4.90 Å². The Kier molecular flexibility index (Phi) is 6.16. The molecule has 0 aromatic heterocycles. The molecule has 0 radical (unpaired) electrons. The Labute approximate surface area is 110 Å². The molecular weight excluding hydrogens is 228 g/mol. The Balaban J connectivity index is 2.09. The van der Waals surface area contributed by atoms with Gasteiger partial charge in [0.05, 0.1) is 5.92 Å². The summed E-state index contributed by atoms with van der Waals surface area (Å²) in [7, 11) is 0. The first-order valence-electron chi connectivity index (χ1n) is 7.07. The van der Waals surface area contributed by atoms with E-state index in [0.717, 1.165) is 25.3 Å². The molecule has 0 aromatic rings. The minimum Gasteiger partial charge on any atom is -0.369 e. The molecule has 1 atom stereocenters. The molecule has 1 saturated heterocycles. The molecule has 4 nitrogen and oxygen atoms in total. The normalized spacial score (nSPS) is 19.8. The highest BCUT2D eigenvalue weighted by Gasteiger charge is 2.32. The largest absolute Gasteiger partial charge is 0.369 e. The van der Waals surface area contributed by atoms with Gasteiger partial charge in [0.15, 0.2) is 0 Å². The number of rotatable bonds is 8. The second kappa shape index (κ2) is 7.39. The topological polar surface area (TPSA) is 63.4 Å². The standard InChI is InChI=1S/C14H26N2O2/c1-11(2)7-5-3-4-6-8-16-10-12(14(15)18)9-13(16)17/h11-12H,3-10H2,1-2H3,(H2,15,18). The van der Waals surface area contributed by atoms with Gasteiger partial charge in [-0.05, 0) is 12.3 Å². The first kappa shape index (κ1) is 15.0. The molecule has 1 aliphatic rings. The SMILES string of the molecule is CC(C)CCCCCCN1CC(C(N)=O)CC1=O. The van der Waals surface area contributed by atoms with Crippen molar-refractivity contribution in [3.05, 3.63) is 0 Å². The second-order valence-corrected chi connectivity index (χ2v) is 5.74. The lowest BCUT2D eigenvalue weighted by atomic mass is 10.0. The average molecular weight is 254 g/mol. The minimum atomic E-state index is -0.345. The number of likely N-dealkylation sites (tertiary alicyclic amines) is 1. The monoisotopic (exact) mass is 254 g/mol. The van der Waals surface area contributed by atoms with Crippen molar-refractivity contribution in [2.24, 2.45) is 17.6 Å². The third-order valence-corrected chi connectivity index (χ3v) is 3.58. The van der Waals surface area contributed by atoms with E-state index in [4.69, 9.17) is 5.73 Å². The fraction of sp³-hybridized carbons (Fsp3) is 0.857. The van der Waals surface area contributed by atoms with Gasteiger partial charge in [0.25, 0.3) is 0 Å². The first-order chi connectivity index (χ1) is 8.50. The van der Waals surface area contributed by atoms with Gasteiger partial charge >= 0.3 is 0 Å². The Morgan fingerprint density at radius 3 is 2.56 bits per heavy atom. The maximum absolute atomic E-state index is 11.6. The molecule has 0 aromatic carbocycles. The zero-order chi connectivity index (χ0) is 13.5. The number of carbonyl (C=O) groups excluding carboxylic acids is 2. The summed E-state index contributed by atoms with van der Waals surface area (Å²) in [5.74, 6) is 0.253. The van der Waals surface area contributed by atoms with Crippen molar-refractivity contribution in [3.63, 3.8) is 0 Å². The molecular formula is C14H26N2O2. The first-order valence-corrected chi connectivity index (χ1v) is 7.07. The van der Waals surface area contributed by atoms with E-state index < -0.39 is 0 Å². The number of unbranched alkanes of at least 4 members (excludes halogenated alkanes) is 3. The molecule has 2 amide bonds. The smallest absolute Gasteiger partial charge is 0.223 e. The molecule has 0 saturated carbocycles. The summed E-state index contributed by atoms with van der Waals surface area (Å²) in [5.41, 5.74) is 5.23. The van der Waals surface area contributed by atoms with Crippen molar-refractivity contribution < 1.29 is 9.59 Å². The Morgan fingerprint density at radius 1 is 1.33 bits per heavy atom. The van der Waals surface area contributed by atoms with E-state index in [9.17, 15) is 9.59 Å². The van der Waals surface area contributed by atoms with Crippen LogP contribution in [0.4, 0.5) is 0 Å². The summed E-state index contributed by atoms with van der Waals surface area (Å²) in [5, 5.41) is 0. The van der Waals surface area contributed by atoms with Gasteiger partial charge in [0, 0.05) is 19.5 Å². The summed E-state index contributed by atoms with van der Waals surface area (Å²) in [4.78, 5) is 24.4. The summed E-state index contributed by atoms with van der Waals surface area (Å²) < 4.78 is 0. The van der Waals surface area contributed by atoms with Crippen molar-refractivity contribution in [2.75, 3.05) is 13.1 Å². The molecule has 0 bridgehead atoms. The minimum absolute atomic E-state index is 0.0842. The van der Waals surface area contributed by atoms with Gasteiger partial charge in [-0.25, -0.2) is 0 Å². The van der Waals surface area contributed by atoms with Crippen molar-refractivity contribution in [3.8, 4) is 0 Å². The van der Waals surface area contributed by atoms with Crippen LogP contribution in [0.3, 0.4) is 0 Å². The summed E-state index contributed by atoms with van der Waals surface area (Å²) in [6, 6.07) is 0. The van der Waals surface area contributed by atoms with Crippen LogP contribution in [0.15, 0.2) is 0 Å². The number of amides is 2. The van der Waals surface area contributed by atoms with Gasteiger partial charge in [-0.2, -0.15) is 0 Å². The van der Waals surface area contributed by atoms with Crippen LogP contribution < -0.4 is 5.73 Å². The molecule has 18 heavy (non-hydrogen) atoms. The van der Waals surface area contributed by atoms with Gasteiger partial charge in [0.2, 0.25) is 11.8 Å². The lowest BCUT2D eigenvalue weighted by Crippen LogP contribution is -2.29. The predicted molar refractivity (Wildman–Crippen MR) is 71.8 cm³/mol. The predicted octanol–water partition coefficient (Wildman–Crippen LogP) is 1.93. The van der Waals surface area contributed by atoms with Gasteiger partial charge in [-0.15, -0.1) is 0 Å². The second-order valence-electron chi connectivity index (χ2n) is 5.74. The molecule has 1 fully saturated rings. The van der Waals surface area contributed by atoms with Crippen molar-refractivity contribution >= 4 is 11.8 Å². The molecule has 1 aliphatic heterocycles. The van der Waals surface area contributed by atoms with E-state index >= 15 is 0 Å². The van der Waals surface area contributed by atoms with Crippen molar-refractivity contribution in [2.45, 2.75) is 52.4 Å². The highest BCUT2D eigenvalue weighted by atomic mass is 16.2. The molecule has 0 aliphatic carbocycles. The van der Waals surface area contributed by atoms with Crippen LogP contribution in [-0.2, 0) is 9.59 Å². The summed E-state index contributed by atoms with van der Waals surface area (Å²) in [6.45, 7) is 5.80. The number of hydrogen-bond donors (Lipinski definition) is 1.